The van der Waals surface area contributed by atoms with Crippen LogP contribution >= 0.6 is 11.3 Å². The summed E-state index contributed by atoms with van der Waals surface area (Å²) in [7, 11) is 0. The van der Waals surface area contributed by atoms with E-state index in [9.17, 15) is 0 Å². The van der Waals surface area contributed by atoms with Crippen LogP contribution in [0.2, 0.25) is 0 Å². The average Bonchev–Trinajstić information content (AvgIpc) is 2.87. The zero-order chi connectivity index (χ0) is 9.97. The van der Waals surface area contributed by atoms with Crippen molar-refractivity contribution in [2.45, 2.75) is 38.3 Å². The number of rotatable bonds is 5. The molecule has 2 rings (SSSR count). The first kappa shape index (κ1) is 10.1. The number of nitrogens with one attached hydrogen (secondary N) is 1. The minimum atomic E-state index is -0.281. The SMILES string of the molecule is C[C@H](O)CNCc1csc(C2CC2)n1. The van der Waals surface area contributed by atoms with Gasteiger partial charge in [-0.3, -0.25) is 0 Å². The van der Waals surface area contributed by atoms with Crippen LogP contribution in [0.1, 0.15) is 36.4 Å². The fourth-order valence-corrected chi connectivity index (χ4v) is 2.32. The van der Waals surface area contributed by atoms with Gasteiger partial charge in [-0.1, -0.05) is 0 Å². The average molecular weight is 212 g/mol. The van der Waals surface area contributed by atoms with Crippen LogP contribution in [0.3, 0.4) is 0 Å². The fourth-order valence-electron chi connectivity index (χ4n) is 1.33. The number of aliphatic hydroxyl groups is 1. The van der Waals surface area contributed by atoms with Crippen LogP contribution < -0.4 is 5.32 Å². The Bertz CT molecular complexity index is 294. The van der Waals surface area contributed by atoms with E-state index in [1.54, 1.807) is 18.3 Å². The van der Waals surface area contributed by atoms with Crippen LogP contribution in [0.5, 0.6) is 0 Å². The summed E-state index contributed by atoms with van der Waals surface area (Å²) in [6, 6.07) is 0. The van der Waals surface area contributed by atoms with Gasteiger partial charge in [-0.15, -0.1) is 11.3 Å². The van der Waals surface area contributed by atoms with Gasteiger partial charge >= 0.3 is 0 Å². The highest BCUT2D eigenvalue weighted by molar-refractivity contribution is 7.09. The van der Waals surface area contributed by atoms with E-state index in [0.29, 0.717) is 6.54 Å². The standard InChI is InChI=1S/C10H16N2OS/c1-7(13)4-11-5-9-6-14-10(12-9)8-2-3-8/h6-8,11,13H,2-5H2,1H3/t7-/m0/s1. The molecule has 1 fully saturated rings. The summed E-state index contributed by atoms with van der Waals surface area (Å²) in [4.78, 5) is 4.54. The third-order valence-electron chi connectivity index (χ3n) is 2.24. The van der Waals surface area contributed by atoms with Crippen molar-refractivity contribution in [1.82, 2.24) is 10.3 Å². The van der Waals surface area contributed by atoms with Crippen molar-refractivity contribution in [2.24, 2.45) is 0 Å². The Morgan fingerprint density at radius 2 is 2.50 bits per heavy atom. The molecule has 1 aliphatic rings. The van der Waals surface area contributed by atoms with Gasteiger partial charge in [0.15, 0.2) is 0 Å². The molecule has 1 atom stereocenters. The Balaban J connectivity index is 1.78. The topological polar surface area (TPSA) is 45.1 Å². The minimum Gasteiger partial charge on any atom is -0.392 e. The van der Waals surface area contributed by atoms with E-state index in [-0.39, 0.29) is 6.10 Å². The van der Waals surface area contributed by atoms with Crippen LogP contribution in [0.15, 0.2) is 5.38 Å². The molecule has 1 aliphatic carbocycles. The number of hydrogen-bond acceptors (Lipinski definition) is 4. The Labute approximate surface area is 88.2 Å². The maximum Gasteiger partial charge on any atom is 0.0959 e. The van der Waals surface area contributed by atoms with Gasteiger partial charge in [-0.2, -0.15) is 0 Å². The van der Waals surface area contributed by atoms with E-state index < -0.39 is 0 Å². The molecular weight excluding hydrogens is 196 g/mol. The maximum absolute atomic E-state index is 9.05. The van der Waals surface area contributed by atoms with Crippen molar-refractivity contribution >= 4 is 11.3 Å². The van der Waals surface area contributed by atoms with Crippen LogP contribution in [0, 0.1) is 0 Å². The lowest BCUT2D eigenvalue weighted by atomic mass is 10.4. The molecular formula is C10H16N2OS. The molecule has 1 heterocycles. The van der Waals surface area contributed by atoms with Crippen molar-refractivity contribution < 1.29 is 5.11 Å². The molecule has 0 bridgehead atoms. The van der Waals surface area contributed by atoms with Crippen molar-refractivity contribution in [3.63, 3.8) is 0 Å². The molecule has 0 radical (unpaired) electrons. The first-order valence-corrected chi connectivity index (χ1v) is 5.96. The summed E-state index contributed by atoms with van der Waals surface area (Å²) >= 11 is 1.77. The third-order valence-corrected chi connectivity index (χ3v) is 3.30. The normalized spacial score (nSPS) is 18.4. The van der Waals surface area contributed by atoms with Gasteiger partial charge in [0.2, 0.25) is 0 Å². The Morgan fingerprint density at radius 3 is 3.14 bits per heavy atom. The van der Waals surface area contributed by atoms with Crippen molar-refractivity contribution in [3.8, 4) is 0 Å². The lowest BCUT2D eigenvalue weighted by Gasteiger charge is -2.04. The number of thiazole rings is 1. The summed E-state index contributed by atoms with van der Waals surface area (Å²) < 4.78 is 0. The van der Waals surface area contributed by atoms with Gasteiger partial charge < -0.3 is 10.4 Å². The predicted octanol–water partition coefficient (Wildman–Crippen LogP) is 1.49. The number of hydrogen-bond donors (Lipinski definition) is 2. The van der Waals surface area contributed by atoms with Crippen molar-refractivity contribution in [2.75, 3.05) is 6.54 Å². The van der Waals surface area contributed by atoms with Gasteiger partial charge in [0.25, 0.3) is 0 Å². The van der Waals surface area contributed by atoms with E-state index >= 15 is 0 Å². The molecule has 4 heteroatoms. The van der Waals surface area contributed by atoms with E-state index in [1.807, 2.05) is 0 Å². The van der Waals surface area contributed by atoms with Gasteiger partial charge in [-0.25, -0.2) is 4.98 Å². The number of nitrogens with zero attached hydrogens (tertiary/aromatic N) is 1. The highest BCUT2D eigenvalue weighted by Crippen LogP contribution is 2.41. The van der Waals surface area contributed by atoms with E-state index in [1.165, 1.54) is 17.8 Å². The second-order valence-electron chi connectivity index (χ2n) is 3.93. The molecule has 0 amide bonds. The van der Waals surface area contributed by atoms with Gasteiger partial charge in [0.1, 0.15) is 0 Å². The molecule has 0 aliphatic heterocycles. The molecule has 78 valence electrons. The fraction of sp³-hybridized carbons (Fsp3) is 0.700. The van der Waals surface area contributed by atoms with Crippen molar-refractivity contribution in [1.29, 1.82) is 0 Å². The smallest absolute Gasteiger partial charge is 0.0959 e. The summed E-state index contributed by atoms with van der Waals surface area (Å²) in [5, 5.41) is 15.6. The largest absolute Gasteiger partial charge is 0.392 e. The van der Waals surface area contributed by atoms with E-state index in [4.69, 9.17) is 5.11 Å². The highest BCUT2D eigenvalue weighted by Gasteiger charge is 2.26. The third kappa shape index (κ3) is 2.77. The predicted molar refractivity (Wildman–Crippen MR) is 57.5 cm³/mol. The minimum absolute atomic E-state index is 0.281. The summed E-state index contributed by atoms with van der Waals surface area (Å²) in [6.45, 7) is 3.19. The van der Waals surface area contributed by atoms with Crippen LogP contribution in [-0.4, -0.2) is 22.7 Å². The zero-order valence-electron chi connectivity index (χ0n) is 8.36. The lowest BCUT2D eigenvalue weighted by Crippen LogP contribution is -2.23. The number of aliphatic hydroxyl groups excluding tert-OH is 1. The van der Waals surface area contributed by atoms with Crippen LogP contribution in [-0.2, 0) is 6.54 Å². The van der Waals surface area contributed by atoms with E-state index in [2.05, 4.69) is 15.7 Å². The second-order valence-corrected chi connectivity index (χ2v) is 4.82. The molecule has 2 N–H and O–H groups in total. The lowest BCUT2D eigenvalue weighted by molar-refractivity contribution is 0.191. The van der Waals surface area contributed by atoms with E-state index in [0.717, 1.165) is 18.2 Å². The highest BCUT2D eigenvalue weighted by atomic mass is 32.1. The molecule has 1 aromatic rings. The van der Waals surface area contributed by atoms with Crippen LogP contribution in [0.4, 0.5) is 0 Å². The van der Waals surface area contributed by atoms with Crippen molar-refractivity contribution in [3.05, 3.63) is 16.1 Å². The first-order valence-electron chi connectivity index (χ1n) is 5.09. The molecule has 0 spiro atoms. The summed E-state index contributed by atoms with van der Waals surface area (Å²) in [6.07, 6.45) is 2.35. The zero-order valence-corrected chi connectivity index (χ0v) is 9.18. The maximum atomic E-state index is 9.05. The Kier molecular flexibility index (Phi) is 3.15. The Hall–Kier alpha value is -0.450. The van der Waals surface area contributed by atoms with Gasteiger partial charge in [0.05, 0.1) is 16.8 Å². The summed E-state index contributed by atoms with van der Waals surface area (Å²) in [5.74, 6) is 0.755. The molecule has 0 unspecified atom stereocenters. The molecule has 14 heavy (non-hydrogen) atoms. The molecule has 3 nitrogen and oxygen atoms in total. The monoisotopic (exact) mass is 212 g/mol. The summed E-state index contributed by atoms with van der Waals surface area (Å²) in [5.41, 5.74) is 1.11. The second kappa shape index (κ2) is 4.38. The Morgan fingerprint density at radius 1 is 1.71 bits per heavy atom. The first-order chi connectivity index (χ1) is 6.75. The molecule has 1 saturated carbocycles. The van der Waals surface area contributed by atoms with Crippen LogP contribution in [0.25, 0.3) is 0 Å². The quantitative estimate of drug-likeness (QED) is 0.777. The molecule has 0 aromatic carbocycles. The van der Waals surface area contributed by atoms with Gasteiger partial charge in [0, 0.05) is 24.4 Å². The number of aromatic nitrogens is 1. The molecule has 0 saturated heterocycles. The van der Waals surface area contributed by atoms with Gasteiger partial charge in [-0.05, 0) is 19.8 Å². The molecule has 1 aromatic heterocycles.